The maximum absolute atomic E-state index is 13.0. The number of amides is 1. The van der Waals surface area contributed by atoms with Gasteiger partial charge in [-0.15, -0.1) is 0 Å². The van der Waals surface area contributed by atoms with Crippen molar-refractivity contribution in [3.05, 3.63) is 66.2 Å². The van der Waals surface area contributed by atoms with Gasteiger partial charge in [0.1, 0.15) is 0 Å². The van der Waals surface area contributed by atoms with Crippen molar-refractivity contribution >= 4 is 17.6 Å². The number of benzene rings is 2. The molecular weight excluding hydrogens is 326 g/mol. The Labute approximate surface area is 152 Å². The number of rotatable bonds is 4. The third kappa shape index (κ3) is 2.81. The van der Waals surface area contributed by atoms with Crippen molar-refractivity contribution in [1.29, 1.82) is 0 Å². The molecule has 4 rings (SSSR count). The van der Waals surface area contributed by atoms with Gasteiger partial charge in [-0.2, -0.15) is 0 Å². The van der Waals surface area contributed by atoms with E-state index < -0.39 is 17.8 Å². The summed E-state index contributed by atoms with van der Waals surface area (Å²) in [5.41, 5.74) is 3.80. The standard InChI is InChI=1S/C22H21NO3/c1-13-7-10-18(17(11-13)14-5-3-2-4-6-14)23-21(24)19-15-8-9-16(12-15)20(19)22(25)26/h2-11,15-16,19-20H,12H2,1H3,(H,23,24)(H,25,26). The van der Waals surface area contributed by atoms with Crippen molar-refractivity contribution in [3.8, 4) is 11.1 Å². The minimum atomic E-state index is -0.880. The van der Waals surface area contributed by atoms with E-state index in [0.29, 0.717) is 0 Å². The lowest BCUT2D eigenvalue weighted by molar-refractivity contribution is -0.146. The Hall–Kier alpha value is -2.88. The van der Waals surface area contributed by atoms with Gasteiger partial charge in [0.25, 0.3) is 0 Å². The van der Waals surface area contributed by atoms with Crippen molar-refractivity contribution in [1.82, 2.24) is 0 Å². The van der Waals surface area contributed by atoms with Crippen LogP contribution in [0.1, 0.15) is 12.0 Å². The molecule has 2 aromatic rings. The Morgan fingerprint density at radius 2 is 1.69 bits per heavy atom. The van der Waals surface area contributed by atoms with Crippen LogP contribution in [0.5, 0.6) is 0 Å². The molecule has 0 aromatic heterocycles. The summed E-state index contributed by atoms with van der Waals surface area (Å²) in [4.78, 5) is 24.7. The first kappa shape index (κ1) is 16.6. The lowest BCUT2D eigenvalue weighted by Crippen LogP contribution is -2.36. The molecule has 2 aliphatic carbocycles. The first-order valence-electron chi connectivity index (χ1n) is 8.92. The van der Waals surface area contributed by atoms with E-state index in [1.807, 2.05) is 67.6 Å². The number of hydrogen-bond acceptors (Lipinski definition) is 2. The van der Waals surface area contributed by atoms with Crippen LogP contribution in [-0.4, -0.2) is 17.0 Å². The maximum Gasteiger partial charge on any atom is 0.307 e. The Balaban J connectivity index is 1.65. The first-order chi connectivity index (χ1) is 12.5. The summed E-state index contributed by atoms with van der Waals surface area (Å²) in [6, 6.07) is 15.8. The fraction of sp³-hybridized carbons (Fsp3) is 0.273. The second-order valence-electron chi connectivity index (χ2n) is 7.24. The van der Waals surface area contributed by atoms with E-state index in [9.17, 15) is 14.7 Å². The van der Waals surface area contributed by atoms with Gasteiger partial charge in [-0.25, -0.2) is 0 Å². The van der Waals surface area contributed by atoms with Gasteiger partial charge in [-0.3, -0.25) is 9.59 Å². The van der Waals surface area contributed by atoms with E-state index in [1.165, 1.54) is 0 Å². The number of carboxylic acids is 1. The zero-order valence-corrected chi connectivity index (χ0v) is 14.6. The van der Waals surface area contributed by atoms with Crippen LogP contribution in [0.4, 0.5) is 5.69 Å². The Morgan fingerprint density at radius 1 is 1.00 bits per heavy atom. The summed E-state index contributed by atoms with van der Waals surface area (Å²) >= 11 is 0. The highest BCUT2D eigenvalue weighted by Crippen LogP contribution is 2.48. The minimum Gasteiger partial charge on any atom is -0.481 e. The molecule has 2 aliphatic rings. The molecule has 4 unspecified atom stereocenters. The summed E-state index contributed by atoms with van der Waals surface area (Å²) in [7, 11) is 0. The lowest BCUT2D eigenvalue weighted by atomic mass is 9.82. The molecule has 2 bridgehead atoms. The van der Waals surface area contributed by atoms with Gasteiger partial charge >= 0.3 is 5.97 Å². The van der Waals surface area contributed by atoms with Crippen LogP contribution in [0.3, 0.4) is 0 Å². The van der Waals surface area contributed by atoms with E-state index in [1.54, 1.807) is 0 Å². The largest absolute Gasteiger partial charge is 0.481 e. The predicted molar refractivity (Wildman–Crippen MR) is 101 cm³/mol. The number of aliphatic carboxylic acids is 1. The van der Waals surface area contributed by atoms with Crippen LogP contribution in [-0.2, 0) is 9.59 Å². The van der Waals surface area contributed by atoms with Gasteiger partial charge in [0.15, 0.2) is 0 Å². The summed E-state index contributed by atoms with van der Waals surface area (Å²) in [5, 5.41) is 12.6. The molecular formula is C22H21NO3. The number of anilines is 1. The maximum atomic E-state index is 13.0. The predicted octanol–water partition coefficient (Wildman–Crippen LogP) is 4.12. The van der Waals surface area contributed by atoms with Crippen molar-refractivity contribution in [2.45, 2.75) is 13.3 Å². The molecule has 1 saturated carbocycles. The average Bonchev–Trinajstić information content (AvgIpc) is 3.25. The van der Waals surface area contributed by atoms with E-state index in [4.69, 9.17) is 0 Å². The zero-order chi connectivity index (χ0) is 18.3. The quantitative estimate of drug-likeness (QED) is 0.818. The van der Waals surface area contributed by atoms with Crippen molar-refractivity contribution in [2.75, 3.05) is 5.32 Å². The second kappa shape index (κ2) is 6.45. The molecule has 1 amide bonds. The topological polar surface area (TPSA) is 66.4 Å². The zero-order valence-electron chi connectivity index (χ0n) is 14.6. The molecule has 4 nitrogen and oxygen atoms in total. The van der Waals surface area contributed by atoms with E-state index >= 15 is 0 Å². The monoisotopic (exact) mass is 347 g/mol. The van der Waals surface area contributed by atoms with Gasteiger partial charge < -0.3 is 10.4 Å². The van der Waals surface area contributed by atoms with Crippen LogP contribution >= 0.6 is 0 Å². The summed E-state index contributed by atoms with van der Waals surface area (Å²) in [6.45, 7) is 2.01. The third-order valence-corrected chi connectivity index (χ3v) is 5.56. The molecule has 26 heavy (non-hydrogen) atoms. The van der Waals surface area contributed by atoms with E-state index in [2.05, 4.69) is 5.32 Å². The van der Waals surface area contributed by atoms with Crippen molar-refractivity contribution < 1.29 is 14.7 Å². The summed E-state index contributed by atoms with van der Waals surface area (Å²) in [5.74, 6) is -2.22. The van der Waals surface area contributed by atoms with Crippen LogP contribution in [0.2, 0.25) is 0 Å². The molecule has 0 spiro atoms. The molecule has 4 heteroatoms. The molecule has 2 N–H and O–H groups in total. The van der Waals surface area contributed by atoms with E-state index in [-0.39, 0.29) is 17.7 Å². The van der Waals surface area contributed by atoms with Gasteiger partial charge in [-0.1, -0.05) is 54.1 Å². The number of carboxylic acid groups (broad SMARTS) is 1. The number of carbonyl (C=O) groups is 2. The van der Waals surface area contributed by atoms with Gasteiger partial charge in [0.2, 0.25) is 5.91 Å². The molecule has 0 radical (unpaired) electrons. The Bertz CT molecular complexity index is 888. The number of hydrogen-bond donors (Lipinski definition) is 2. The van der Waals surface area contributed by atoms with Crippen LogP contribution in [0.15, 0.2) is 60.7 Å². The molecule has 1 fully saturated rings. The number of allylic oxidation sites excluding steroid dienone is 2. The molecule has 4 atom stereocenters. The number of carbonyl (C=O) groups excluding carboxylic acids is 1. The second-order valence-corrected chi connectivity index (χ2v) is 7.24. The van der Waals surface area contributed by atoms with Crippen LogP contribution in [0, 0.1) is 30.6 Å². The van der Waals surface area contributed by atoms with E-state index in [0.717, 1.165) is 28.8 Å². The molecule has 0 heterocycles. The third-order valence-electron chi connectivity index (χ3n) is 5.56. The molecule has 0 saturated heterocycles. The SMILES string of the molecule is Cc1ccc(NC(=O)C2C3C=CC(C3)C2C(=O)O)c(-c2ccccc2)c1. The van der Waals surface area contributed by atoms with Gasteiger partial charge in [0.05, 0.1) is 11.8 Å². The summed E-state index contributed by atoms with van der Waals surface area (Å²) < 4.78 is 0. The lowest BCUT2D eigenvalue weighted by Gasteiger charge is -2.24. The molecule has 132 valence electrons. The van der Waals surface area contributed by atoms with Crippen molar-refractivity contribution in [2.24, 2.45) is 23.7 Å². The average molecular weight is 347 g/mol. The smallest absolute Gasteiger partial charge is 0.307 e. The van der Waals surface area contributed by atoms with Crippen LogP contribution < -0.4 is 5.32 Å². The molecule has 2 aromatic carbocycles. The highest BCUT2D eigenvalue weighted by molar-refractivity contribution is 5.99. The van der Waals surface area contributed by atoms with Gasteiger partial charge in [0, 0.05) is 11.3 Å². The minimum absolute atomic E-state index is 0.0201. The van der Waals surface area contributed by atoms with Crippen LogP contribution in [0.25, 0.3) is 11.1 Å². The number of aryl methyl sites for hydroxylation is 1. The number of nitrogens with one attached hydrogen (secondary N) is 1. The highest BCUT2D eigenvalue weighted by Gasteiger charge is 2.51. The summed E-state index contributed by atoms with van der Waals surface area (Å²) in [6.07, 6.45) is 4.71. The Kier molecular flexibility index (Phi) is 4.11. The number of fused-ring (bicyclic) bond motifs is 2. The fourth-order valence-electron chi connectivity index (χ4n) is 4.36. The Morgan fingerprint density at radius 3 is 2.38 bits per heavy atom. The highest BCUT2D eigenvalue weighted by atomic mass is 16.4. The molecule has 0 aliphatic heterocycles. The fourth-order valence-corrected chi connectivity index (χ4v) is 4.36. The van der Waals surface area contributed by atoms with Gasteiger partial charge in [-0.05, 0) is 42.9 Å². The normalized spacial score (nSPS) is 26.0. The van der Waals surface area contributed by atoms with Crippen molar-refractivity contribution in [3.63, 3.8) is 0 Å². The first-order valence-corrected chi connectivity index (χ1v) is 8.92.